The molecule has 1 spiro atoms. The van der Waals surface area contributed by atoms with Crippen molar-refractivity contribution in [1.82, 2.24) is 5.32 Å². The van der Waals surface area contributed by atoms with E-state index < -0.39 is 0 Å². The number of aromatic hydroxyl groups is 1. The predicted molar refractivity (Wildman–Crippen MR) is 90.2 cm³/mol. The summed E-state index contributed by atoms with van der Waals surface area (Å²) in [5.41, 5.74) is 0.247. The fraction of sp³-hybridized carbons (Fsp3) is 0.421. The lowest BCUT2D eigenvalue weighted by molar-refractivity contribution is -0.0881. The smallest absolute Gasteiger partial charge is 0.251 e. The number of fused-ring (bicyclic) bond motifs is 1. The van der Waals surface area contributed by atoms with E-state index in [1.807, 2.05) is 30.3 Å². The van der Waals surface area contributed by atoms with E-state index in [2.05, 4.69) is 5.32 Å². The first kappa shape index (κ1) is 15.4. The van der Waals surface area contributed by atoms with E-state index in [0.717, 1.165) is 36.6 Å². The van der Waals surface area contributed by atoms with Gasteiger partial charge in [0.15, 0.2) is 0 Å². The maximum Gasteiger partial charge on any atom is 0.251 e. The molecule has 2 aromatic rings. The van der Waals surface area contributed by atoms with Crippen LogP contribution in [0, 0.1) is 0 Å². The molecule has 5 nitrogen and oxygen atoms in total. The van der Waals surface area contributed by atoms with Gasteiger partial charge in [-0.1, -0.05) is 24.3 Å². The van der Waals surface area contributed by atoms with E-state index >= 15 is 0 Å². The Balaban J connectivity index is 1.52. The maximum absolute atomic E-state index is 12.6. The third-order valence-corrected chi connectivity index (χ3v) is 5.00. The molecule has 2 aliphatic rings. The zero-order chi connectivity index (χ0) is 16.6. The van der Waals surface area contributed by atoms with Gasteiger partial charge in [0.1, 0.15) is 5.75 Å². The van der Waals surface area contributed by atoms with E-state index in [0.29, 0.717) is 18.8 Å². The monoisotopic (exact) mass is 327 g/mol. The van der Waals surface area contributed by atoms with Crippen LogP contribution in [0.15, 0.2) is 36.4 Å². The molecule has 2 saturated heterocycles. The zero-order valence-electron chi connectivity index (χ0n) is 13.5. The van der Waals surface area contributed by atoms with Crippen molar-refractivity contribution in [2.45, 2.75) is 30.9 Å². The number of rotatable bonds is 2. The van der Waals surface area contributed by atoms with Crippen molar-refractivity contribution in [3.05, 3.63) is 42.0 Å². The summed E-state index contributed by atoms with van der Waals surface area (Å²) in [4.78, 5) is 12.6. The van der Waals surface area contributed by atoms with Gasteiger partial charge in [0.25, 0.3) is 5.91 Å². The topological polar surface area (TPSA) is 67.8 Å². The van der Waals surface area contributed by atoms with Crippen LogP contribution in [-0.4, -0.2) is 42.5 Å². The number of benzene rings is 2. The highest BCUT2D eigenvalue weighted by molar-refractivity contribution is 6.00. The normalized spacial score (nSPS) is 26.8. The third kappa shape index (κ3) is 2.85. The minimum atomic E-state index is -0.234. The largest absolute Gasteiger partial charge is 0.507 e. The number of phenols is 1. The average molecular weight is 327 g/mol. The summed E-state index contributed by atoms with van der Waals surface area (Å²) in [6.07, 6.45) is 2.46. The van der Waals surface area contributed by atoms with Crippen LogP contribution in [0.25, 0.3) is 10.8 Å². The van der Waals surface area contributed by atoms with Gasteiger partial charge in [-0.2, -0.15) is 0 Å². The van der Waals surface area contributed by atoms with Crippen molar-refractivity contribution in [2.75, 3.05) is 19.8 Å². The molecule has 0 aromatic heterocycles. The molecule has 2 heterocycles. The Labute approximate surface area is 140 Å². The van der Waals surface area contributed by atoms with Crippen LogP contribution in [0.5, 0.6) is 5.75 Å². The van der Waals surface area contributed by atoms with Gasteiger partial charge in [0, 0.05) is 36.6 Å². The molecule has 24 heavy (non-hydrogen) atoms. The van der Waals surface area contributed by atoms with Gasteiger partial charge in [0.05, 0.1) is 12.2 Å². The summed E-state index contributed by atoms with van der Waals surface area (Å²) in [5.74, 6) is -0.0251. The Morgan fingerprint density at radius 1 is 1.25 bits per heavy atom. The summed E-state index contributed by atoms with van der Waals surface area (Å²) < 4.78 is 11.4. The van der Waals surface area contributed by atoms with Gasteiger partial charge < -0.3 is 19.9 Å². The van der Waals surface area contributed by atoms with Gasteiger partial charge in [-0.05, 0) is 30.4 Å². The number of carbonyl (C=O) groups is 1. The molecular formula is C19H21NO4. The van der Waals surface area contributed by atoms with Crippen molar-refractivity contribution in [3.63, 3.8) is 0 Å². The van der Waals surface area contributed by atoms with Gasteiger partial charge in [-0.25, -0.2) is 0 Å². The molecule has 0 unspecified atom stereocenters. The number of ether oxygens (including phenoxy) is 2. The van der Waals surface area contributed by atoms with Gasteiger partial charge in [-0.3, -0.25) is 4.79 Å². The molecule has 126 valence electrons. The van der Waals surface area contributed by atoms with Crippen LogP contribution in [0.3, 0.4) is 0 Å². The lowest BCUT2D eigenvalue weighted by atomic mass is 9.89. The van der Waals surface area contributed by atoms with E-state index in [9.17, 15) is 9.90 Å². The maximum atomic E-state index is 12.6. The van der Waals surface area contributed by atoms with Crippen molar-refractivity contribution in [2.24, 2.45) is 0 Å². The Hall–Kier alpha value is -2.11. The summed E-state index contributed by atoms with van der Waals surface area (Å²) >= 11 is 0. The van der Waals surface area contributed by atoms with Crippen LogP contribution in [0.1, 0.15) is 29.6 Å². The molecule has 0 radical (unpaired) electrons. The number of phenolic OH excluding ortho intramolecular Hbond substituents is 1. The molecule has 2 N–H and O–H groups in total. The molecule has 4 rings (SSSR count). The van der Waals surface area contributed by atoms with Crippen LogP contribution in [-0.2, 0) is 9.47 Å². The van der Waals surface area contributed by atoms with Crippen molar-refractivity contribution in [3.8, 4) is 5.75 Å². The number of hydrogen-bond acceptors (Lipinski definition) is 4. The second-order valence-corrected chi connectivity index (χ2v) is 6.71. The summed E-state index contributed by atoms with van der Waals surface area (Å²) in [5, 5.41) is 14.9. The fourth-order valence-electron chi connectivity index (χ4n) is 3.70. The van der Waals surface area contributed by atoms with Gasteiger partial charge in [-0.15, -0.1) is 0 Å². The summed E-state index contributed by atoms with van der Waals surface area (Å²) in [6.45, 7) is 1.96. The van der Waals surface area contributed by atoms with E-state index in [-0.39, 0.29) is 23.3 Å². The van der Waals surface area contributed by atoms with Gasteiger partial charge >= 0.3 is 0 Å². The number of carbonyl (C=O) groups excluding carboxylic acids is 1. The quantitative estimate of drug-likeness (QED) is 0.890. The molecular weight excluding hydrogens is 306 g/mol. The Morgan fingerprint density at radius 3 is 2.96 bits per heavy atom. The highest BCUT2D eigenvalue weighted by Crippen LogP contribution is 2.33. The second kappa shape index (κ2) is 6.07. The van der Waals surface area contributed by atoms with E-state index in [1.165, 1.54) is 6.07 Å². The standard InChI is InChI=1S/C19H21NO4/c21-17-10-14(9-13-3-1-2-4-16(13)17)18(22)20-15-5-7-24-19(11-15)6-8-23-12-19/h1-4,9-10,15,21H,5-8,11-12H2,(H,20,22)/t15-,19+/m0/s1. The molecule has 2 aliphatic heterocycles. The third-order valence-electron chi connectivity index (χ3n) is 5.00. The van der Waals surface area contributed by atoms with Crippen LogP contribution in [0.2, 0.25) is 0 Å². The molecule has 0 bridgehead atoms. The molecule has 2 aromatic carbocycles. The summed E-state index contributed by atoms with van der Waals surface area (Å²) in [7, 11) is 0. The first-order chi connectivity index (χ1) is 11.7. The van der Waals surface area contributed by atoms with Gasteiger partial charge in [0.2, 0.25) is 0 Å². The second-order valence-electron chi connectivity index (χ2n) is 6.71. The van der Waals surface area contributed by atoms with Crippen LogP contribution in [0.4, 0.5) is 0 Å². The molecule has 2 atom stereocenters. The number of hydrogen-bond donors (Lipinski definition) is 2. The first-order valence-corrected chi connectivity index (χ1v) is 8.40. The first-order valence-electron chi connectivity index (χ1n) is 8.40. The molecule has 0 saturated carbocycles. The van der Waals surface area contributed by atoms with E-state index in [4.69, 9.17) is 9.47 Å². The Morgan fingerprint density at radius 2 is 2.12 bits per heavy atom. The SMILES string of the molecule is O=C(N[C@H]1CCO[C@]2(CCOC2)C1)c1cc(O)c2ccccc2c1. The lowest BCUT2D eigenvalue weighted by Gasteiger charge is -2.37. The fourth-order valence-corrected chi connectivity index (χ4v) is 3.70. The average Bonchev–Trinajstić information content (AvgIpc) is 3.02. The Bertz CT molecular complexity index is 767. The highest BCUT2D eigenvalue weighted by Gasteiger charge is 2.41. The minimum absolute atomic E-state index is 0.0709. The zero-order valence-corrected chi connectivity index (χ0v) is 13.5. The van der Waals surface area contributed by atoms with E-state index in [1.54, 1.807) is 0 Å². The minimum Gasteiger partial charge on any atom is -0.507 e. The van der Waals surface area contributed by atoms with Crippen LogP contribution >= 0.6 is 0 Å². The highest BCUT2D eigenvalue weighted by atomic mass is 16.6. The van der Waals surface area contributed by atoms with Crippen molar-refractivity contribution < 1.29 is 19.4 Å². The van der Waals surface area contributed by atoms with Crippen molar-refractivity contribution >= 4 is 16.7 Å². The molecule has 5 heteroatoms. The molecule has 0 aliphatic carbocycles. The molecule has 2 fully saturated rings. The molecule has 1 amide bonds. The van der Waals surface area contributed by atoms with Crippen LogP contribution < -0.4 is 5.32 Å². The Kier molecular flexibility index (Phi) is 3.90. The summed E-state index contributed by atoms with van der Waals surface area (Å²) in [6, 6.07) is 10.9. The number of nitrogens with one attached hydrogen (secondary N) is 1. The van der Waals surface area contributed by atoms with Crippen molar-refractivity contribution in [1.29, 1.82) is 0 Å². The lowest BCUT2D eigenvalue weighted by Crippen LogP contribution is -2.49. The predicted octanol–water partition coefficient (Wildman–Crippen LogP) is 2.61. The number of amides is 1.